The molecule has 3 nitrogen and oxygen atoms in total. The third-order valence-corrected chi connectivity index (χ3v) is 5.99. The highest BCUT2D eigenvalue weighted by atomic mass is 15.3. The van der Waals surface area contributed by atoms with Crippen LogP contribution in [0.4, 0.5) is 5.69 Å². The van der Waals surface area contributed by atoms with E-state index >= 15 is 0 Å². The summed E-state index contributed by atoms with van der Waals surface area (Å²) in [6.45, 7) is 2.48. The summed E-state index contributed by atoms with van der Waals surface area (Å²) in [5.41, 5.74) is 4.69. The molecule has 4 fully saturated rings. The van der Waals surface area contributed by atoms with Crippen molar-refractivity contribution >= 4 is 11.5 Å². The maximum atomic E-state index is 5.90. The second kappa shape index (κ2) is 4.57. The first-order valence-electron chi connectivity index (χ1n) is 8.22. The zero-order valence-electron chi connectivity index (χ0n) is 12.8. The fourth-order valence-corrected chi connectivity index (χ4v) is 5.93. The lowest BCUT2D eigenvalue weighted by Gasteiger charge is -2.61. The Hall–Kier alpha value is -1.35. The lowest BCUT2D eigenvalue weighted by molar-refractivity contribution is -0.0693. The minimum Gasteiger partial charge on any atom is -0.312 e. The summed E-state index contributed by atoms with van der Waals surface area (Å²) in [6, 6.07) is 10.2. The van der Waals surface area contributed by atoms with Gasteiger partial charge in [-0.3, -0.25) is 0 Å². The number of rotatable bonds is 2. The van der Waals surface area contributed by atoms with Gasteiger partial charge < -0.3 is 5.43 Å². The molecule has 4 saturated carbocycles. The van der Waals surface area contributed by atoms with Gasteiger partial charge in [-0.15, -0.1) is 0 Å². The van der Waals surface area contributed by atoms with E-state index in [4.69, 9.17) is 10.8 Å². The van der Waals surface area contributed by atoms with Crippen LogP contribution in [0.3, 0.4) is 0 Å². The maximum absolute atomic E-state index is 5.90. The zero-order valence-corrected chi connectivity index (χ0v) is 12.8. The van der Waals surface area contributed by atoms with Gasteiger partial charge in [0.2, 0.25) is 0 Å². The minimum absolute atomic E-state index is 0.198. The van der Waals surface area contributed by atoms with Crippen molar-refractivity contribution in [2.24, 2.45) is 33.5 Å². The molecule has 21 heavy (non-hydrogen) atoms. The molecule has 1 aromatic carbocycles. The van der Waals surface area contributed by atoms with Gasteiger partial charge in [-0.1, -0.05) is 25.1 Å². The van der Waals surface area contributed by atoms with Gasteiger partial charge in [0.1, 0.15) is 5.84 Å². The van der Waals surface area contributed by atoms with Crippen LogP contribution in [0.25, 0.3) is 0 Å². The van der Waals surface area contributed by atoms with E-state index in [1.54, 1.807) is 0 Å². The van der Waals surface area contributed by atoms with E-state index in [9.17, 15) is 0 Å². The quantitative estimate of drug-likeness (QED) is 0.375. The highest BCUT2D eigenvalue weighted by molar-refractivity contribution is 5.90. The van der Waals surface area contributed by atoms with Crippen LogP contribution in [0, 0.1) is 22.7 Å². The molecule has 0 heterocycles. The first-order chi connectivity index (χ1) is 10.1. The number of aliphatic imine (C=N–C) groups is 1. The molecular weight excluding hydrogens is 258 g/mol. The van der Waals surface area contributed by atoms with E-state index in [1.807, 2.05) is 18.2 Å². The van der Waals surface area contributed by atoms with Gasteiger partial charge >= 0.3 is 0 Å². The van der Waals surface area contributed by atoms with E-state index in [1.165, 1.54) is 38.5 Å². The van der Waals surface area contributed by atoms with Gasteiger partial charge in [0.25, 0.3) is 0 Å². The normalized spacial score (nSPS) is 41.3. The van der Waals surface area contributed by atoms with Gasteiger partial charge in [-0.25, -0.2) is 10.8 Å². The predicted molar refractivity (Wildman–Crippen MR) is 86.1 cm³/mol. The third-order valence-electron chi connectivity index (χ3n) is 5.99. The standard InChI is InChI=1S/C18H25N3/c1-17-8-13-7-14(9-17)11-18(10-13,12-17)16(21-19)20-15-5-3-2-4-6-15/h2-6,13-14H,7-12,19H2,1H3,(H,20,21). The van der Waals surface area contributed by atoms with Crippen molar-refractivity contribution in [1.82, 2.24) is 5.43 Å². The van der Waals surface area contributed by atoms with Crippen molar-refractivity contribution in [1.29, 1.82) is 0 Å². The molecule has 0 spiro atoms. The topological polar surface area (TPSA) is 50.4 Å². The fraction of sp³-hybridized carbons (Fsp3) is 0.611. The number of nitrogens with zero attached hydrogens (tertiary/aromatic N) is 1. The number of amidine groups is 1. The minimum atomic E-state index is 0.198. The van der Waals surface area contributed by atoms with Crippen LogP contribution < -0.4 is 11.3 Å². The van der Waals surface area contributed by atoms with Crippen molar-refractivity contribution in [3.63, 3.8) is 0 Å². The Morgan fingerprint density at radius 3 is 2.38 bits per heavy atom. The molecule has 2 atom stereocenters. The molecule has 0 aliphatic heterocycles. The molecule has 0 aromatic heterocycles. The van der Waals surface area contributed by atoms with Crippen molar-refractivity contribution in [2.45, 2.75) is 45.4 Å². The third kappa shape index (κ3) is 2.18. The van der Waals surface area contributed by atoms with E-state index < -0.39 is 0 Å². The molecule has 0 amide bonds. The Morgan fingerprint density at radius 2 is 1.81 bits per heavy atom. The predicted octanol–water partition coefficient (Wildman–Crippen LogP) is 3.79. The van der Waals surface area contributed by atoms with Crippen LogP contribution in [0.2, 0.25) is 0 Å². The molecule has 5 rings (SSSR count). The molecule has 4 bridgehead atoms. The van der Waals surface area contributed by atoms with Crippen molar-refractivity contribution < 1.29 is 0 Å². The Labute approximate surface area is 127 Å². The van der Waals surface area contributed by atoms with Crippen LogP contribution in [-0.4, -0.2) is 5.84 Å². The van der Waals surface area contributed by atoms with Gasteiger partial charge in [0.15, 0.2) is 0 Å². The Bertz CT molecular complexity index is 549. The summed E-state index contributed by atoms with van der Waals surface area (Å²) in [6.07, 6.45) is 8.05. The SMILES string of the molecule is CC12CC3CC(C1)CC(C(=Nc1ccccc1)NN)(C3)C2. The summed E-state index contributed by atoms with van der Waals surface area (Å²) >= 11 is 0. The first kappa shape index (κ1) is 13.3. The number of hydrogen-bond acceptors (Lipinski definition) is 2. The lowest BCUT2D eigenvalue weighted by Crippen LogP contribution is -2.57. The van der Waals surface area contributed by atoms with Crippen LogP contribution in [0.5, 0.6) is 0 Å². The molecule has 2 unspecified atom stereocenters. The van der Waals surface area contributed by atoms with Crippen LogP contribution >= 0.6 is 0 Å². The number of benzene rings is 1. The molecule has 4 aliphatic carbocycles. The molecule has 3 heteroatoms. The average Bonchev–Trinajstić information content (AvgIpc) is 2.43. The number of nitrogens with two attached hydrogens (primary N) is 1. The Kier molecular flexibility index (Phi) is 2.90. The van der Waals surface area contributed by atoms with Crippen molar-refractivity contribution in [2.75, 3.05) is 0 Å². The highest BCUT2D eigenvalue weighted by Crippen LogP contribution is 2.65. The summed E-state index contributed by atoms with van der Waals surface area (Å²) in [4.78, 5) is 4.88. The monoisotopic (exact) mass is 283 g/mol. The Morgan fingerprint density at radius 1 is 1.14 bits per heavy atom. The number of hydrazine groups is 1. The second-order valence-electron chi connectivity index (χ2n) is 7.99. The zero-order chi connectivity index (χ0) is 14.5. The van der Waals surface area contributed by atoms with Crippen LogP contribution in [0.1, 0.15) is 45.4 Å². The summed E-state index contributed by atoms with van der Waals surface area (Å²) in [7, 11) is 0. The maximum Gasteiger partial charge on any atom is 0.122 e. The van der Waals surface area contributed by atoms with Gasteiger partial charge in [0, 0.05) is 5.41 Å². The Balaban J connectivity index is 1.72. The second-order valence-corrected chi connectivity index (χ2v) is 7.99. The van der Waals surface area contributed by atoms with E-state index in [0.717, 1.165) is 23.4 Å². The van der Waals surface area contributed by atoms with Gasteiger partial charge in [-0.2, -0.15) is 0 Å². The van der Waals surface area contributed by atoms with Gasteiger partial charge in [0.05, 0.1) is 5.69 Å². The number of hydrogen-bond donors (Lipinski definition) is 2. The fourth-order valence-electron chi connectivity index (χ4n) is 5.93. The van der Waals surface area contributed by atoms with Crippen molar-refractivity contribution in [3.8, 4) is 0 Å². The summed E-state index contributed by atoms with van der Waals surface area (Å²) in [5, 5.41) is 0. The first-order valence-corrected chi connectivity index (χ1v) is 8.22. The summed E-state index contributed by atoms with van der Waals surface area (Å²) < 4.78 is 0. The van der Waals surface area contributed by atoms with Crippen molar-refractivity contribution in [3.05, 3.63) is 30.3 Å². The number of para-hydroxylation sites is 1. The molecule has 0 radical (unpaired) electrons. The molecule has 3 N–H and O–H groups in total. The summed E-state index contributed by atoms with van der Waals surface area (Å²) in [5.74, 6) is 8.69. The van der Waals surface area contributed by atoms with E-state index in [0.29, 0.717) is 5.41 Å². The van der Waals surface area contributed by atoms with Crippen LogP contribution in [0.15, 0.2) is 35.3 Å². The lowest BCUT2D eigenvalue weighted by atomic mass is 9.44. The van der Waals surface area contributed by atoms with E-state index in [2.05, 4.69) is 24.5 Å². The molecule has 0 saturated heterocycles. The molecule has 112 valence electrons. The van der Waals surface area contributed by atoms with Gasteiger partial charge in [-0.05, 0) is 67.9 Å². The van der Waals surface area contributed by atoms with E-state index in [-0.39, 0.29) is 5.41 Å². The largest absolute Gasteiger partial charge is 0.312 e. The average molecular weight is 283 g/mol. The smallest absolute Gasteiger partial charge is 0.122 e. The molecule has 4 aliphatic rings. The number of nitrogens with one attached hydrogen (secondary N) is 1. The highest BCUT2D eigenvalue weighted by Gasteiger charge is 2.57. The molecular formula is C18H25N3. The van der Waals surface area contributed by atoms with Crippen LogP contribution in [-0.2, 0) is 0 Å². The molecule has 1 aromatic rings.